The average Bonchev–Trinajstić information content (AvgIpc) is 2.76. The van der Waals surface area contributed by atoms with Gasteiger partial charge in [0.1, 0.15) is 5.75 Å². The van der Waals surface area contributed by atoms with Crippen LogP contribution in [0.2, 0.25) is 0 Å². The minimum Gasteiger partial charge on any atom is -0.497 e. The van der Waals surface area contributed by atoms with E-state index in [0.717, 1.165) is 50.1 Å². The second kappa shape index (κ2) is 9.40. The maximum Gasteiger partial charge on any atom is 0.161 e. The number of hydrogen-bond acceptors (Lipinski definition) is 5. The van der Waals surface area contributed by atoms with Crippen LogP contribution >= 0.6 is 11.8 Å². The second-order valence-corrected chi connectivity index (χ2v) is 9.15. The van der Waals surface area contributed by atoms with Gasteiger partial charge in [0.25, 0.3) is 0 Å². The highest BCUT2D eigenvalue weighted by Crippen LogP contribution is 2.37. The number of aryl methyl sites for hydroxylation is 1. The van der Waals surface area contributed by atoms with Crippen molar-refractivity contribution in [1.29, 1.82) is 0 Å². The molecule has 0 radical (unpaired) electrons. The van der Waals surface area contributed by atoms with E-state index in [9.17, 15) is 0 Å². The lowest BCUT2D eigenvalue weighted by Gasteiger charge is -2.15. The molecule has 0 saturated heterocycles. The normalized spacial score (nSPS) is 11.1. The summed E-state index contributed by atoms with van der Waals surface area (Å²) in [5, 5.41) is 4.66. The van der Waals surface area contributed by atoms with Crippen molar-refractivity contribution in [2.75, 3.05) is 12.4 Å². The number of pyridine rings is 2. The molecule has 0 unspecified atom stereocenters. The number of rotatable bonds is 7. The Morgan fingerprint density at radius 3 is 2.52 bits per heavy atom. The summed E-state index contributed by atoms with van der Waals surface area (Å²) < 4.78 is 5.27. The van der Waals surface area contributed by atoms with Crippen LogP contribution in [-0.4, -0.2) is 17.1 Å². The van der Waals surface area contributed by atoms with Crippen molar-refractivity contribution in [3.05, 3.63) is 78.1 Å². The van der Waals surface area contributed by atoms with Gasteiger partial charge in [-0.2, -0.15) is 0 Å². The molecule has 0 saturated carbocycles. The highest BCUT2D eigenvalue weighted by molar-refractivity contribution is 7.99. The van der Waals surface area contributed by atoms with E-state index in [2.05, 4.69) is 73.5 Å². The SMILES string of the molecule is COc1ccc(Sc2ccc(C)cc2Nc2ccnc3nc(CC(C)C)ccc23)cc1. The largest absolute Gasteiger partial charge is 0.497 e. The van der Waals surface area contributed by atoms with Gasteiger partial charge in [-0.1, -0.05) is 31.7 Å². The molecule has 2 aromatic heterocycles. The maximum absolute atomic E-state index is 5.27. The summed E-state index contributed by atoms with van der Waals surface area (Å²) in [7, 11) is 1.68. The third-order valence-electron chi connectivity index (χ3n) is 4.97. The van der Waals surface area contributed by atoms with Gasteiger partial charge >= 0.3 is 0 Å². The average molecular weight is 430 g/mol. The Morgan fingerprint density at radius 2 is 1.77 bits per heavy atom. The van der Waals surface area contributed by atoms with Crippen molar-refractivity contribution in [3.8, 4) is 5.75 Å². The molecular formula is C26H27N3OS. The summed E-state index contributed by atoms with van der Waals surface area (Å²) in [6.45, 7) is 6.52. The molecule has 1 N–H and O–H groups in total. The summed E-state index contributed by atoms with van der Waals surface area (Å²) in [6, 6.07) is 20.9. The Morgan fingerprint density at radius 1 is 0.968 bits per heavy atom. The van der Waals surface area contributed by atoms with Crippen LogP contribution in [0.5, 0.6) is 5.75 Å². The molecule has 0 fully saturated rings. The van der Waals surface area contributed by atoms with E-state index in [-0.39, 0.29) is 0 Å². The van der Waals surface area contributed by atoms with Crippen molar-refractivity contribution < 1.29 is 4.74 Å². The standard InChI is InChI=1S/C26H27N3OS/c1-17(2)15-19-6-11-22-23(13-14-27-26(22)28-19)29-24-16-18(3)5-12-25(24)31-21-9-7-20(30-4)8-10-21/h5-14,16-17H,15H2,1-4H3,(H,27,28,29). The zero-order valence-electron chi connectivity index (χ0n) is 18.3. The smallest absolute Gasteiger partial charge is 0.161 e. The van der Waals surface area contributed by atoms with Gasteiger partial charge in [-0.05, 0) is 79.4 Å². The van der Waals surface area contributed by atoms with Gasteiger partial charge in [-0.25, -0.2) is 9.97 Å². The van der Waals surface area contributed by atoms with Crippen LogP contribution < -0.4 is 10.1 Å². The Balaban J connectivity index is 1.65. The fourth-order valence-electron chi connectivity index (χ4n) is 3.46. The molecule has 0 aliphatic carbocycles. The summed E-state index contributed by atoms with van der Waals surface area (Å²) in [4.78, 5) is 11.6. The lowest BCUT2D eigenvalue weighted by atomic mass is 10.1. The molecule has 0 atom stereocenters. The summed E-state index contributed by atoms with van der Waals surface area (Å²) in [5.74, 6) is 1.43. The molecular weight excluding hydrogens is 402 g/mol. The molecule has 158 valence electrons. The Labute approximate surface area is 188 Å². The van der Waals surface area contributed by atoms with Crippen molar-refractivity contribution in [2.24, 2.45) is 5.92 Å². The van der Waals surface area contributed by atoms with Crippen molar-refractivity contribution in [3.63, 3.8) is 0 Å². The summed E-state index contributed by atoms with van der Waals surface area (Å²) >= 11 is 1.73. The molecule has 0 spiro atoms. The Hall–Kier alpha value is -3.05. The van der Waals surface area contributed by atoms with Gasteiger partial charge in [0, 0.05) is 27.1 Å². The van der Waals surface area contributed by atoms with E-state index < -0.39 is 0 Å². The van der Waals surface area contributed by atoms with E-state index in [1.807, 2.05) is 24.4 Å². The molecule has 4 rings (SSSR count). The number of benzene rings is 2. The number of nitrogens with zero attached hydrogens (tertiary/aromatic N) is 2. The van der Waals surface area contributed by atoms with Gasteiger partial charge in [0.05, 0.1) is 18.5 Å². The molecule has 2 aromatic carbocycles. The molecule has 2 heterocycles. The third-order valence-corrected chi connectivity index (χ3v) is 6.05. The van der Waals surface area contributed by atoms with Crippen LogP contribution in [0.4, 0.5) is 11.4 Å². The predicted molar refractivity (Wildman–Crippen MR) is 130 cm³/mol. The number of aromatic nitrogens is 2. The second-order valence-electron chi connectivity index (χ2n) is 8.03. The fourth-order valence-corrected chi connectivity index (χ4v) is 4.34. The first kappa shape index (κ1) is 21.2. The van der Waals surface area contributed by atoms with E-state index in [0.29, 0.717) is 5.92 Å². The molecule has 4 nitrogen and oxygen atoms in total. The number of hydrogen-bond donors (Lipinski definition) is 1. The minimum absolute atomic E-state index is 0.566. The van der Waals surface area contributed by atoms with Crippen LogP contribution in [0.1, 0.15) is 25.1 Å². The van der Waals surface area contributed by atoms with Gasteiger partial charge in [0.2, 0.25) is 0 Å². The van der Waals surface area contributed by atoms with Crippen LogP contribution in [0.3, 0.4) is 0 Å². The molecule has 0 aliphatic heterocycles. The van der Waals surface area contributed by atoms with Gasteiger partial charge < -0.3 is 10.1 Å². The summed E-state index contributed by atoms with van der Waals surface area (Å²) in [6.07, 6.45) is 2.78. The third kappa shape index (κ3) is 5.17. The predicted octanol–water partition coefficient (Wildman–Crippen LogP) is 7.04. The zero-order chi connectivity index (χ0) is 21.8. The summed E-state index contributed by atoms with van der Waals surface area (Å²) in [5.41, 5.74) is 5.14. The highest BCUT2D eigenvalue weighted by Gasteiger charge is 2.10. The van der Waals surface area contributed by atoms with Crippen LogP contribution in [0.15, 0.2) is 76.7 Å². The van der Waals surface area contributed by atoms with E-state index >= 15 is 0 Å². The first-order valence-corrected chi connectivity index (χ1v) is 11.3. The lowest BCUT2D eigenvalue weighted by Crippen LogP contribution is -2.00. The van der Waals surface area contributed by atoms with Crippen LogP contribution in [0, 0.1) is 12.8 Å². The van der Waals surface area contributed by atoms with E-state index in [1.54, 1.807) is 18.9 Å². The Kier molecular flexibility index (Phi) is 6.42. The van der Waals surface area contributed by atoms with Crippen molar-refractivity contribution >= 4 is 34.2 Å². The molecule has 0 amide bonds. The van der Waals surface area contributed by atoms with Crippen LogP contribution in [-0.2, 0) is 6.42 Å². The van der Waals surface area contributed by atoms with Gasteiger partial charge in [-0.3, -0.25) is 0 Å². The number of anilines is 2. The topological polar surface area (TPSA) is 47.0 Å². The molecule has 31 heavy (non-hydrogen) atoms. The Bertz CT molecular complexity index is 1190. The number of nitrogens with one attached hydrogen (secondary N) is 1. The quantitative estimate of drug-likeness (QED) is 0.341. The molecule has 5 heteroatoms. The lowest BCUT2D eigenvalue weighted by molar-refractivity contribution is 0.414. The molecule has 0 aliphatic rings. The van der Waals surface area contributed by atoms with E-state index in [4.69, 9.17) is 9.72 Å². The number of fused-ring (bicyclic) bond motifs is 1. The van der Waals surface area contributed by atoms with Gasteiger partial charge in [-0.15, -0.1) is 0 Å². The molecule has 0 bridgehead atoms. The first-order chi connectivity index (χ1) is 15.0. The van der Waals surface area contributed by atoms with Crippen molar-refractivity contribution in [1.82, 2.24) is 9.97 Å². The highest BCUT2D eigenvalue weighted by atomic mass is 32.2. The zero-order valence-corrected chi connectivity index (χ0v) is 19.2. The fraction of sp³-hybridized carbons (Fsp3) is 0.231. The first-order valence-electron chi connectivity index (χ1n) is 10.5. The van der Waals surface area contributed by atoms with E-state index in [1.165, 1.54) is 5.56 Å². The minimum atomic E-state index is 0.566. The van der Waals surface area contributed by atoms with Crippen molar-refractivity contribution in [2.45, 2.75) is 37.0 Å². The number of ether oxygens (including phenoxy) is 1. The maximum atomic E-state index is 5.27. The van der Waals surface area contributed by atoms with Gasteiger partial charge in [0.15, 0.2) is 5.65 Å². The van der Waals surface area contributed by atoms with Crippen LogP contribution in [0.25, 0.3) is 11.0 Å². The number of methoxy groups -OCH3 is 1. The molecule has 4 aromatic rings. The monoisotopic (exact) mass is 429 g/mol.